The molecule has 0 aliphatic carbocycles. The smallest absolute Gasteiger partial charge is 0.265 e. The standard InChI is InChI=1S/C11H15N5O2S/c1-6(17)4-16(3)11(18)8-7(2)14-10(19-8)9-12-5-13-15-9/h5-6,17H,4H2,1-3H3,(H,12,13,15). The maximum absolute atomic E-state index is 12.2. The van der Waals surface area contributed by atoms with Gasteiger partial charge in [0.05, 0.1) is 11.8 Å². The maximum Gasteiger partial charge on any atom is 0.265 e. The van der Waals surface area contributed by atoms with Crippen LogP contribution in [0, 0.1) is 6.92 Å². The second-order valence-corrected chi connectivity index (χ2v) is 5.30. The first-order valence-corrected chi connectivity index (χ1v) is 6.57. The molecule has 7 nitrogen and oxygen atoms in total. The number of nitrogens with zero attached hydrogens (tertiary/aromatic N) is 4. The molecule has 1 atom stereocenters. The van der Waals surface area contributed by atoms with Gasteiger partial charge in [0.2, 0.25) is 0 Å². The van der Waals surface area contributed by atoms with Crippen LogP contribution in [0.3, 0.4) is 0 Å². The second-order valence-electron chi connectivity index (χ2n) is 4.30. The molecule has 1 unspecified atom stereocenters. The molecule has 2 aromatic rings. The van der Waals surface area contributed by atoms with Crippen LogP contribution in [0.5, 0.6) is 0 Å². The lowest BCUT2D eigenvalue weighted by molar-refractivity contribution is 0.0707. The van der Waals surface area contributed by atoms with E-state index in [-0.39, 0.29) is 12.5 Å². The Morgan fingerprint density at radius 2 is 2.37 bits per heavy atom. The summed E-state index contributed by atoms with van der Waals surface area (Å²) < 4.78 is 0. The highest BCUT2D eigenvalue weighted by Gasteiger charge is 2.21. The zero-order chi connectivity index (χ0) is 14.0. The molecule has 0 aliphatic heterocycles. The number of carbonyl (C=O) groups is 1. The number of likely N-dealkylation sites (N-methyl/N-ethyl adjacent to an activating group) is 1. The van der Waals surface area contributed by atoms with Gasteiger partial charge in [-0.2, -0.15) is 5.10 Å². The van der Waals surface area contributed by atoms with Crippen LogP contribution in [0.4, 0.5) is 0 Å². The van der Waals surface area contributed by atoms with Gasteiger partial charge in [-0.3, -0.25) is 9.89 Å². The molecule has 102 valence electrons. The summed E-state index contributed by atoms with van der Waals surface area (Å²) in [6.45, 7) is 3.71. The van der Waals surface area contributed by atoms with Gasteiger partial charge in [0.15, 0.2) is 10.8 Å². The lowest BCUT2D eigenvalue weighted by Gasteiger charge is -2.17. The van der Waals surface area contributed by atoms with E-state index in [4.69, 9.17) is 0 Å². The van der Waals surface area contributed by atoms with E-state index in [0.29, 0.717) is 21.4 Å². The number of amides is 1. The highest BCUT2D eigenvalue weighted by molar-refractivity contribution is 7.17. The zero-order valence-corrected chi connectivity index (χ0v) is 11.7. The number of hydrogen-bond donors (Lipinski definition) is 2. The normalized spacial score (nSPS) is 12.4. The summed E-state index contributed by atoms with van der Waals surface area (Å²) in [6.07, 6.45) is 0.837. The molecule has 2 N–H and O–H groups in total. The molecule has 2 aromatic heterocycles. The topological polar surface area (TPSA) is 95.0 Å². The van der Waals surface area contributed by atoms with Crippen molar-refractivity contribution in [2.75, 3.05) is 13.6 Å². The minimum absolute atomic E-state index is 0.151. The molecule has 0 radical (unpaired) electrons. The molecule has 8 heteroatoms. The molecule has 0 spiro atoms. The summed E-state index contributed by atoms with van der Waals surface area (Å²) in [5.74, 6) is 0.395. The van der Waals surface area contributed by atoms with Gasteiger partial charge in [0, 0.05) is 13.6 Å². The Morgan fingerprint density at radius 1 is 1.63 bits per heavy atom. The summed E-state index contributed by atoms with van der Waals surface area (Å²) in [5.41, 5.74) is 0.652. The van der Waals surface area contributed by atoms with E-state index in [1.807, 2.05) is 0 Å². The Kier molecular flexibility index (Phi) is 3.91. The van der Waals surface area contributed by atoms with Gasteiger partial charge in [-0.25, -0.2) is 9.97 Å². The van der Waals surface area contributed by atoms with Crippen molar-refractivity contribution in [1.29, 1.82) is 0 Å². The van der Waals surface area contributed by atoms with E-state index in [9.17, 15) is 9.90 Å². The Bertz CT molecular complexity index is 564. The fourth-order valence-electron chi connectivity index (χ4n) is 1.66. The molecule has 0 fully saturated rings. The summed E-state index contributed by atoms with van der Waals surface area (Å²) in [5, 5.41) is 16.4. The van der Waals surface area contributed by atoms with Crippen LogP contribution in [0.2, 0.25) is 0 Å². The van der Waals surface area contributed by atoms with Gasteiger partial charge >= 0.3 is 0 Å². The van der Waals surface area contributed by atoms with Crippen LogP contribution >= 0.6 is 11.3 Å². The Labute approximate surface area is 114 Å². The predicted octanol–water partition coefficient (Wildman–Crippen LogP) is 0.689. The number of rotatable bonds is 4. The summed E-state index contributed by atoms with van der Waals surface area (Å²) in [6, 6.07) is 0. The van der Waals surface area contributed by atoms with E-state index in [2.05, 4.69) is 20.2 Å². The highest BCUT2D eigenvalue weighted by Crippen LogP contribution is 2.25. The molecule has 2 heterocycles. The van der Waals surface area contributed by atoms with Crippen molar-refractivity contribution < 1.29 is 9.90 Å². The first kappa shape index (κ1) is 13.6. The van der Waals surface area contributed by atoms with Crippen molar-refractivity contribution in [3.05, 3.63) is 16.9 Å². The maximum atomic E-state index is 12.2. The van der Waals surface area contributed by atoms with E-state index in [1.165, 1.54) is 22.6 Å². The summed E-state index contributed by atoms with van der Waals surface area (Å²) in [4.78, 5) is 22.6. The van der Waals surface area contributed by atoms with Gasteiger partial charge in [-0.1, -0.05) is 0 Å². The third-order valence-corrected chi connectivity index (χ3v) is 3.65. The number of thiazole rings is 1. The van der Waals surface area contributed by atoms with Crippen LogP contribution < -0.4 is 0 Å². The van der Waals surface area contributed by atoms with Crippen molar-refractivity contribution in [3.8, 4) is 10.8 Å². The highest BCUT2D eigenvalue weighted by atomic mass is 32.1. The molecule has 0 aliphatic rings. The third kappa shape index (κ3) is 2.96. The number of aromatic nitrogens is 4. The van der Waals surface area contributed by atoms with Gasteiger partial charge in [-0.05, 0) is 13.8 Å². The minimum atomic E-state index is -0.559. The monoisotopic (exact) mass is 281 g/mol. The van der Waals surface area contributed by atoms with Gasteiger partial charge < -0.3 is 10.0 Å². The fraction of sp³-hybridized carbons (Fsp3) is 0.455. The molecular formula is C11H15N5O2S. The van der Waals surface area contributed by atoms with Crippen molar-refractivity contribution >= 4 is 17.2 Å². The second kappa shape index (κ2) is 5.45. The van der Waals surface area contributed by atoms with Gasteiger partial charge in [0.1, 0.15) is 11.2 Å². The van der Waals surface area contributed by atoms with Crippen LogP contribution in [0.15, 0.2) is 6.33 Å². The first-order valence-electron chi connectivity index (χ1n) is 5.75. The number of aliphatic hydroxyl groups excluding tert-OH is 1. The summed E-state index contributed by atoms with van der Waals surface area (Å²) >= 11 is 1.26. The van der Waals surface area contributed by atoms with Crippen LogP contribution in [-0.2, 0) is 0 Å². The number of aliphatic hydroxyl groups is 1. The summed E-state index contributed by atoms with van der Waals surface area (Å²) in [7, 11) is 1.66. The number of hydrogen-bond acceptors (Lipinski definition) is 6. The Balaban J connectivity index is 2.23. The van der Waals surface area contributed by atoms with E-state index in [0.717, 1.165) is 0 Å². The minimum Gasteiger partial charge on any atom is -0.392 e. The quantitative estimate of drug-likeness (QED) is 0.859. The molecule has 0 bridgehead atoms. The fourth-order valence-corrected chi connectivity index (χ4v) is 2.66. The molecule has 0 aromatic carbocycles. The lowest BCUT2D eigenvalue weighted by atomic mass is 10.3. The van der Waals surface area contributed by atoms with Crippen LogP contribution in [-0.4, -0.2) is 55.8 Å². The molecule has 0 saturated carbocycles. The van der Waals surface area contributed by atoms with Gasteiger partial charge in [0.25, 0.3) is 5.91 Å². The van der Waals surface area contributed by atoms with Crippen molar-refractivity contribution in [2.45, 2.75) is 20.0 Å². The molecular weight excluding hydrogens is 266 g/mol. The van der Waals surface area contributed by atoms with Crippen molar-refractivity contribution in [3.63, 3.8) is 0 Å². The molecule has 2 rings (SSSR count). The zero-order valence-electron chi connectivity index (χ0n) is 10.9. The average Bonchev–Trinajstić information content (AvgIpc) is 2.95. The van der Waals surface area contributed by atoms with Crippen LogP contribution in [0.1, 0.15) is 22.3 Å². The number of carbonyl (C=O) groups excluding carboxylic acids is 1. The largest absolute Gasteiger partial charge is 0.392 e. The average molecular weight is 281 g/mol. The lowest BCUT2D eigenvalue weighted by Crippen LogP contribution is -2.32. The van der Waals surface area contributed by atoms with E-state index in [1.54, 1.807) is 20.9 Å². The Hall–Kier alpha value is -1.80. The first-order chi connectivity index (χ1) is 8.99. The SMILES string of the molecule is Cc1nc(-c2ncn[nH]2)sc1C(=O)N(C)CC(C)O. The number of aromatic amines is 1. The molecule has 19 heavy (non-hydrogen) atoms. The molecule has 0 saturated heterocycles. The predicted molar refractivity (Wildman–Crippen MR) is 70.9 cm³/mol. The van der Waals surface area contributed by atoms with Gasteiger partial charge in [-0.15, -0.1) is 11.3 Å². The van der Waals surface area contributed by atoms with E-state index >= 15 is 0 Å². The number of aryl methyl sites for hydroxylation is 1. The van der Waals surface area contributed by atoms with E-state index < -0.39 is 6.10 Å². The third-order valence-electron chi connectivity index (χ3n) is 2.49. The number of nitrogens with one attached hydrogen (secondary N) is 1. The number of H-pyrrole nitrogens is 1. The molecule has 1 amide bonds. The van der Waals surface area contributed by atoms with Crippen molar-refractivity contribution in [2.24, 2.45) is 0 Å². The Morgan fingerprint density at radius 3 is 2.95 bits per heavy atom. The van der Waals surface area contributed by atoms with Crippen LogP contribution in [0.25, 0.3) is 10.8 Å². The van der Waals surface area contributed by atoms with Crippen molar-refractivity contribution in [1.82, 2.24) is 25.1 Å².